The molecule has 0 bridgehead atoms. The fourth-order valence-electron chi connectivity index (χ4n) is 2.79. The number of anilines is 1. The second kappa shape index (κ2) is 9.35. The molecule has 9 heteroatoms. The zero-order valence-corrected chi connectivity index (χ0v) is 18.2. The van der Waals surface area contributed by atoms with Crippen molar-refractivity contribution in [2.24, 2.45) is 0 Å². The highest BCUT2D eigenvalue weighted by Crippen LogP contribution is 2.40. The molecule has 0 aliphatic rings. The number of ether oxygens (including phenoxy) is 3. The summed E-state index contributed by atoms with van der Waals surface area (Å²) >= 11 is 13.5. The summed E-state index contributed by atoms with van der Waals surface area (Å²) in [6.45, 7) is 0. The fourth-order valence-corrected chi connectivity index (χ4v) is 4.02. The number of benzene rings is 2. The van der Waals surface area contributed by atoms with E-state index in [4.69, 9.17) is 37.4 Å². The van der Waals surface area contributed by atoms with Gasteiger partial charge in [0, 0.05) is 21.5 Å². The molecule has 0 spiro atoms. The second-order valence-electron chi connectivity index (χ2n) is 5.88. The Hall–Kier alpha value is -2.48. The summed E-state index contributed by atoms with van der Waals surface area (Å²) in [5.41, 5.74) is 2.07. The maximum Gasteiger partial charge on any atom is 0.230 e. The van der Waals surface area contributed by atoms with Crippen molar-refractivity contribution < 1.29 is 19.0 Å². The second-order valence-corrected chi connectivity index (χ2v) is 7.58. The molecule has 3 aromatic rings. The number of methoxy groups -OCH3 is 3. The van der Waals surface area contributed by atoms with Crippen LogP contribution in [0.5, 0.6) is 17.2 Å². The number of halogens is 2. The van der Waals surface area contributed by atoms with Crippen LogP contribution in [-0.4, -0.2) is 32.2 Å². The number of nitrogens with one attached hydrogen (secondary N) is 1. The normalized spacial score (nSPS) is 10.5. The highest BCUT2D eigenvalue weighted by Gasteiger charge is 2.18. The largest absolute Gasteiger partial charge is 0.493 e. The summed E-state index contributed by atoms with van der Waals surface area (Å²) in [6.07, 6.45) is 0.0835. The summed E-state index contributed by atoms with van der Waals surface area (Å²) in [4.78, 5) is 17.0. The zero-order valence-electron chi connectivity index (χ0n) is 15.9. The lowest BCUT2D eigenvalue weighted by Gasteiger charge is -2.15. The van der Waals surface area contributed by atoms with Crippen LogP contribution in [0.4, 0.5) is 5.13 Å². The number of nitrogens with zero attached hydrogens (tertiary/aromatic N) is 1. The molecule has 1 amide bonds. The Bertz CT molecular complexity index is 1040. The van der Waals surface area contributed by atoms with Crippen LogP contribution in [-0.2, 0) is 11.2 Å². The van der Waals surface area contributed by atoms with E-state index >= 15 is 0 Å². The number of carbonyl (C=O) groups is 1. The van der Waals surface area contributed by atoms with E-state index in [1.807, 2.05) is 5.38 Å². The van der Waals surface area contributed by atoms with Gasteiger partial charge < -0.3 is 19.5 Å². The molecule has 0 aliphatic heterocycles. The Kier molecular flexibility index (Phi) is 6.84. The Morgan fingerprint density at radius 1 is 1.07 bits per heavy atom. The average Bonchev–Trinajstić information content (AvgIpc) is 3.15. The molecule has 152 valence electrons. The number of rotatable bonds is 7. The molecule has 0 unspecified atom stereocenters. The summed E-state index contributed by atoms with van der Waals surface area (Å²) in [6, 6.07) is 8.68. The molecular weight excluding hydrogens is 435 g/mol. The van der Waals surface area contributed by atoms with Crippen molar-refractivity contribution in [3.63, 3.8) is 0 Å². The molecular formula is C20H18Cl2N2O4S. The van der Waals surface area contributed by atoms with Crippen molar-refractivity contribution in [3.05, 3.63) is 51.3 Å². The Morgan fingerprint density at radius 2 is 1.83 bits per heavy atom. The lowest BCUT2D eigenvalue weighted by Crippen LogP contribution is -2.15. The van der Waals surface area contributed by atoms with E-state index < -0.39 is 0 Å². The highest BCUT2D eigenvalue weighted by atomic mass is 35.5. The molecule has 1 N–H and O–H groups in total. The van der Waals surface area contributed by atoms with Crippen molar-refractivity contribution in [2.75, 3.05) is 26.6 Å². The molecule has 1 heterocycles. The van der Waals surface area contributed by atoms with Gasteiger partial charge in [0.15, 0.2) is 16.6 Å². The van der Waals surface area contributed by atoms with Crippen molar-refractivity contribution in [1.82, 2.24) is 4.98 Å². The molecule has 0 radical (unpaired) electrons. The molecule has 1 aromatic heterocycles. The van der Waals surface area contributed by atoms with Crippen molar-refractivity contribution in [3.8, 4) is 28.5 Å². The van der Waals surface area contributed by atoms with Crippen LogP contribution in [0.2, 0.25) is 10.0 Å². The van der Waals surface area contributed by atoms with E-state index in [1.165, 1.54) is 32.7 Å². The molecule has 3 rings (SSSR count). The maximum atomic E-state index is 12.5. The lowest BCUT2D eigenvalue weighted by molar-refractivity contribution is -0.115. The van der Waals surface area contributed by atoms with E-state index in [1.54, 1.807) is 30.3 Å². The molecule has 0 saturated carbocycles. The third-order valence-corrected chi connectivity index (χ3v) is 5.40. The molecule has 0 saturated heterocycles. The Balaban J connectivity index is 1.76. The van der Waals surface area contributed by atoms with Gasteiger partial charge in [-0.1, -0.05) is 29.3 Å². The maximum absolute atomic E-state index is 12.5. The van der Waals surface area contributed by atoms with E-state index in [0.29, 0.717) is 43.7 Å². The van der Waals surface area contributed by atoms with Gasteiger partial charge in [-0.25, -0.2) is 4.98 Å². The number of hydrogen-bond donors (Lipinski definition) is 1. The molecule has 0 atom stereocenters. The smallest absolute Gasteiger partial charge is 0.230 e. The van der Waals surface area contributed by atoms with Crippen molar-refractivity contribution in [2.45, 2.75) is 6.42 Å². The first-order valence-corrected chi connectivity index (χ1v) is 10.1. The average molecular weight is 453 g/mol. The van der Waals surface area contributed by atoms with Gasteiger partial charge in [-0.05, 0) is 24.3 Å². The lowest BCUT2D eigenvalue weighted by atomic mass is 10.1. The Labute approximate surface area is 182 Å². The molecule has 0 aliphatic carbocycles. The number of hydrogen-bond acceptors (Lipinski definition) is 6. The summed E-state index contributed by atoms with van der Waals surface area (Å²) < 4.78 is 16.0. The molecule has 2 aromatic carbocycles. The Morgan fingerprint density at radius 3 is 2.48 bits per heavy atom. The molecule has 6 nitrogen and oxygen atoms in total. The van der Waals surface area contributed by atoms with Crippen LogP contribution in [0.3, 0.4) is 0 Å². The minimum absolute atomic E-state index is 0.0835. The van der Waals surface area contributed by atoms with E-state index in [2.05, 4.69) is 10.3 Å². The van der Waals surface area contributed by atoms with Crippen LogP contribution in [0.15, 0.2) is 35.7 Å². The van der Waals surface area contributed by atoms with Gasteiger partial charge >= 0.3 is 0 Å². The van der Waals surface area contributed by atoms with Crippen LogP contribution in [0, 0.1) is 0 Å². The number of amides is 1. The monoisotopic (exact) mass is 452 g/mol. The van der Waals surface area contributed by atoms with E-state index in [-0.39, 0.29) is 12.3 Å². The first-order chi connectivity index (χ1) is 14.0. The number of aromatic nitrogens is 1. The van der Waals surface area contributed by atoms with Gasteiger partial charge in [0.05, 0.1) is 38.5 Å². The third-order valence-electron chi connectivity index (χ3n) is 4.09. The molecule has 0 fully saturated rings. The third kappa shape index (κ3) is 4.75. The van der Waals surface area contributed by atoms with E-state index in [9.17, 15) is 4.79 Å². The summed E-state index contributed by atoms with van der Waals surface area (Å²) in [5.74, 6) is 1.18. The SMILES string of the molecule is COc1ccc(CC(=O)Nc2nc(-c3ccc(Cl)cc3Cl)cs2)c(OC)c1OC. The van der Waals surface area contributed by atoms with Crippen LogP contribution < -0.4 is 19.5 Å². The zero-order chi connectivity index (χ0) is 21.0. The highest BCUT2D eigenvalue weighted by molar-refractivity contribution is 7.14. The predicted octanol–water partition coefficient (Wildman–Crippen LogP) is 5.32. The minimum Gasteiger partial charge on any atom is -0.493 e. The first-order valence-electron chi connectivity index (χ1n) is 8.45. The van der Waals surface area contributed by atoms with Crippen LogP contribution in [0.1, 0.15) is 5.56 Å². The standard InChI is InChI=1S/C20H18Cl2N2O4S/c1-26-16-7-4-11(18(27-2)19(16)28-3)8-17(25)24-20-23-15(10-29-20)13-6-5-12(21)9-14(13)22/h4-7,9-10H,8H2,1-3H3,(H,23,24,25). The van der Waals surface area contributed by atoms with Gasteiger partial charge in [-0.15, -0.1) is 11.3 Å². The van der Waals surface area contributed by atoms with Crippen LogP contribution >= 0.6 is 34.5 Å². The minimum atomic E-state index is -0.237. The predicted molar refractivity (Wildman–Crippen MR) is 116 cm³/mol. The summed E-state index contributed by atoms with van der Waals surface area (Å²) in [7, 11) is 4.57. The van der Waals surface area contributed by atoms with Gasteiger partial charge in [-0.2, -0.15) is 0 Å². The van der Waals surface area contributed by atoms with Gasteiger partial charge in [0.1, 0.15) is 0 Å². The van der Waals surface area contributed by atoms with Crippen LogP contribution in [0.25, 0.3) is 11.3 Å². The van der Waals surface area contributed by atoms with Crippen molar-refractivity contribution in [1.29, 1.82) is 0 Å². The van der Waals surface area contributed by atoms with Gasteiger partial charge in [0.2, 0.25) is 11.7 Å². The number of thiazole rings is 1. The quantitative estimate of drug-likeness (QED) is 0.524. The van der Waals surface area contributed by atoms with E-state index in [0.717, 1.165) is 5.56 Å². The first kappa shape index (κ1) is 21.2. The number of carbonyl (C=O) groups excluding carboxylic acids is 1. The van der Waals surface area contributed by atoms with Gasteiger partial charge in [0.25, 0.3) is 0 Å². The fraction of sp³-hybridized carbons (Fsp3) is 0.200. The van der Waals surface area contributed by atoms with Crippen molar-refractivity contribution >= 4 is 45.6 Å². The van der Waals surface area contributed by atoms with Gasteiger partial charge in [-0.3, -0.25) is 4.79 Å². The topological polar surface area (TPSA) is 69.7 Å². The molecule has 29 heavy (non-hydrogen) atoms. The summed E-state index contributed by atoms with van der Waals surface area (Å²) in [5, 5.41) is 6.13.